The molecule has 0 spiro atoms. The van der Waals surface area contributed by atoms with Gasteiger partial charge in [0.15, 0.2) is 0 Å². The molecule has 2 unspecified atom stereocenters. The van der Waals surface area contributed by atoms with Gasteiger partial charge in [0.05, 0.1) is 6.04 Å². The third kappa shape index (κ3) is 2.67. The molecule has 0 fully saturated rings. The van der Waals surface area contributed by atoms with Crippen LogP contribution >= 0.6 is 0 Å². The molecule has 1 aromatic carbocycles. The first-order chi connectivity index (χ1) is 9.17. The summed E-state index contributed by atoms with van der Waals surface area (Å²) in [5, 5.41) is 3.84. The quantitative estimate of drug-likeness (QED) is 0.809. The summed E-state index contributed by atoms with van der Waals surface area (Å²) in [5.74, 6) is -0.173. The van der Waals surface area contributed by atoms with Crippen LogP contribution in [-0.2, 0) is 9.59 Å². The lowest BCUT2D eigenvalue weighted by Crippen LogP contribution is -2.39. The number of fused-ring (bicyclic) bond motifs is 1. The van der Waals surface area contributed by atoms with Gasteiger partial charge in [-0.3, -0.25) is 4.79 Å². The Bertz CT molecular complexity index is 589. The molecule has 0 aliphatic heterocycles. The second-order valence-electron chi connectivity index (χ2n) is 4.66. The molecule has 19 heavy (non-hydrogen) atoms. The maximum Gasteiger partial charge on any atom is 0.220 e. The number of aldehydes is 1. The van der Waals surface area contributed by atoms with E-state index in [0.717, 1.165) is 22.8 Å². The van der Waals surface area contributed by atoms with Gasteiger partial charge in [0.1, 0.15) is 6.29 Å². The van der Waals surface area contributed by atoms with Crippen molar-refractivity contribution in [3.63, 3.8) is 0 Å². The number of rotatable bonds is 5. The maximum absolute atomic E-state index is 11.4. The normalized spacial score (nSPS) is 14.0. The molecule has 0 saturated heterocycles. The lowest BCUT2D eigenvalue weighted by atomic mass is 9.93. The van der Waals surface area contributed by atoms with E-state index in [4.69, 9.17) is 0 Å². The Labute approximate surface area is 112 Å². The number of H-pyrrole nitrogens is 1. The van der Waals surface area contributed by atoms with Crippen LogP contribution in [0.3, 0.4) is 0 Å². The van der Waals surface area contributed by atoms with Gasteiger partial charge in [-0.1, -0.05) is 32.0 Å². The Morgan fingerprint density at radius 1 is 1.42 bits per heavy atom. The number of nitrogens with one attached hydrogen (secondary N) is 2. The lowest BCUT2D eigenvalue weighted by Gasteiger charge is -2.19. The van der Waals surface area contributed by atoms with E-state index in [1.54, 1.807) is 6.92 Å². The van der Waals surface area contributed by atoms with E-state index in [0.29, 0.717) is 6.42 Å². The van der Waals surface area contributed by atoms with Gasteiger partial charge in [0.2, 0.25) is 5.91 Å². The van der Waals surface area contributed by atoms with Crippen molar-refractivity contribution in [3.05, 3.63) is 36.0 Å². The van der Waals surface area contributed by atoms with Crippen molar-refractivity contribution < 1.29 is 9.59 Å². The number of aromatic amines is 1. The standard InChI is InChI=1S/C15H18N2O2/c1-3-15(19)17-14(9-18)10(2)12-8-16-13-7-5-4-6-11(12)13/h4-10,14,16H,3H2,1-2H3,(H,17,19). The van der Waals surface area contributed by atoms with Gasteiger partial charge in [-0.05, 0) is 11.6 Å². The molecule has 0 aliphatic rings. The molecular weight excluding hydrogens is 240 g/mol. The largest absolute Gasteiger partial charge is 0.361 e. The van der Waals surface area contributed by atoms with Crippen molar-refractivity contribution >= 4 is 23.1 Å². The molecule has 0 aliphatic carbocycles. The highest BCUT2D eigenvalue weighted by Crippen LogP contribution is 2.27. The second kappa shape index (κ2) is 5.69. The highest BCUT2D eigenvalue weighted by molar-refractivity contribution is 5.85. The predicted molar refractivity (Wildman–Crippen MR) is 75.0 cm³/mol. The average Bonchev–Trinajstić information content (AvgIpc) is 2.87. The molecule has 4 nitrogen and oxygen atoms in total. The number of para-hydroxylation sites is 1. The van der Waals surface area contributed by atoms with Crippen LogP contribution in [0.5, 0.6) is 0 Å². The summed E-state index contributed by atoms with van der Waals surface area (Å²) >= 11 is 0. The lowest BCUT2D eigenvalue weighted by molar-refractivity contribution is -0.124. The van der Waals surface area contributed by atoms with E-state index >= 15 is 0 Å². The minimum Gasteiger partial charge on any atom is -0.361 e. The van der Waals surface area contributed by atoms with Crippen molar-refractivity contribution in [2.45, 2.75) is 32.2 Å². The Morgan fingerprint density at radius 3 is 2.84 bits per heavy atom. The topological polar surface area (TPSA) is 62.0 Å². The smallest absolute Gasteiger partial charge is 0.220 e. The summed E-state index contributed by atoms with van der Waals surface area (Å²) in [6.07, 6.45) is 3.09. The van der Waals surface area contributed by atoms with E-state index < -0.39 is 6.04 Å². The van der Waals surface area contributed by atoms with Crippen LogP contribution in [0.4, 0.5) is 0 Å². The Balaban J connectivity index is 2.29. The zero-order valence-electron chi connectivity index (χ0n) is 11.1. The zero-order chi connectivity index (χ0) is 13.8. The van der Waals surface area contributed by atoms with Crippen LogP contribution in [0.1, 0.15) is 31.7 Å². The van der Waals surface area contributed by atoms with Crippen LogP contribution in [0.2, 0.25) is 0 Å². The minimum absolute atomic E-state index is 0.0656. The van der Waals surface area contributed by atoms with E-state index in [9.17, 15) is 9.59 Å². The molecule has 4 heteroatoms. The average molecular weight is 258 g/mol. The maximum atomic E-state index is 11.4. The van der Waals surface area contributed by atoms with E-state index in [1.807, 2.05) is 37.4 Å². The number of benzene rings is 1. The third-order valence-electron chi connectivity index (χ3n) is 3.45. The minimum atomic E-state index is -0.494. The molecule has 100 valence electrons. The van der Waals surface area contributed by atoms with Crippen LogP contribution in [0.15, 0.2) is 30.5 Å². The molecule has 2 aromatic rings. The Hall–Kier alpha value is -2.10. The Kier molecular flexibility index (Phi) is 4.00. The van der Waals surface area contributed by atoms with Crippen molar-refractivity contribution in [3.8, 4) is 0 Å². The molecular formula is C15H18N2O2. The summed E-state index contributed by atoms with van der Waals surface area (Å²) in [4.78, 5) is 25.8. The first kappa shape index (κ1) is 13.3. The van der Waals surface area contributed by atoms with Crippen LogP contribution in [0, 0.1) is 0 Å². The zero-order valence-corrected chi connectivity index (χ0v) is 11.1. The van der Waals surface area contributed by atoms with Crippen LogP contribution in [0.25, 0.3) is 10.9 Å². The van der Waals surface area contributed by atoms with Crippen molar-refractivity contribution in [1.29, 1.82) is 0 Å². The number of hydrogen-bond donors (Lipinski definition) is 2. The van der Waals surface area contributed by atoms with Gasteiger partial charge in [0.25, 0.3) is 0 Å². The molecule has 0 radical (unpaired) electrons. The number of carbonyl (C=O) groups excluding carboxylic acids is 2. The number of aromatic nitrogens is 1. The van der Waals surface area contributed by atoms with Crippen molar-refractivity contribution in [2.24, 2.45) is 0 Å². The van der Waals surface area contributed by atoms with E-state index in [-0.39, 0.29) is 11.8 Å². The van der Waals surface area contributed by atoms with Crippen molar-refractivity contribution in [2.75, 3.05) is 0 Å². The number of amides is 1. The molecule has 0 saturated carbocycles. The van der Waals surface area contributed by atoms with Gasteiger partial charge in [-0.15, -0.1) is 0 Å². The SMILES string of the molecule is CCC(=O)NC(C=O)C(C)c1c[nH]c2ccccc12. The molecule has 2 atom stereocenters. The van der Waals surface area contributed by atoms with E-state index in [1.165, 1.54) is 0 Å². The predicted octanol–water partition coefficient (Wildman–Crippen LogP) is 2.37. The first-order valence-electron chi connectivity index (χ1n) is 6.48. The highest BCUT2D eigenvalue weighted by atomic mass is 16.2. The molecule has 2 N–H and O–H groups in total. The second-order valence-corrected chi connectivity index (χ2v) is 4.66. The molecule has 1 aromatic heterocycles. The van der Waals surface area contributed by atoms with Gasteiger partial charge < -0.3 is 15.1 Å². The van der Waals surface area contributed by atoms with Gasteiger partial charge >= 0.3 is 0 Å². The molecule has 1 amide bonds. The van der Waals surface area contributed by atoms with Crippen LogP contribution < -0.4 is 5.32 Å². The van der Waals surface area contributed by atoms with Crippen molar-refractivity contribution in [1.82, 2.24) is 10.3 Å². The first-order valence-corrected chi connectivity index (χ1v) is 6.48. The van der Waals surface area contributed by atoms with Gasteiger partial charge in [0, 0.05) is 29.4 Å². The van der Waals surface area contributed by atoms with Crippen LogP contribution in [-0.4, -0.2) is 23.2 Å². The Morgan fingerprint density at radius 2 is 2.16 bits per heavy atom. The number of hydrogen-bond acceptors (Lipinski definition) is 2. The summed E-state index contributed by atoms with van der Waals surface area (Å²) in [7, 11) is 0. The van der Waals surface area contributed by atoms with E-state index in [2.05, 4.69) is 10.3 Å². The molecule has 2 rings (SSSR count). The molecule has 0 bridgehead atoms. The molecule has 1 heterocycles. The fourth-order valence-electron chi connectivity index (χ4n) is 2.23. The third-order valence-corrected chi connectivity index (χ3v) is 3.45. The monoisotopic (exact) mass is 258 g/mol. The summed E-state index contributed by atoms with van der Waals surface area (Å²) in [6, 6.07) is 7.44. The fourth-order valence-corrected chi connectivity index (χ4v) is 2.23. The fraction of sp³-hybridized carbons (Fsp3) is 0.333. The summed E-state index contributed by atoms with van der Waals surface area (Å²) in [5.41, 5.74) is 2.08. The highest BCUT2D eigenvalue weighted by Gasteiger charge is 2.22. The summed E-state index contributed by atoms with van der Waals surface area (Å²) in [6.45, 7) is 3.72. The summed E-state index contributed by atoms with van der Waals surface area (Å²) < 4.78 is 0. The van der Waals surface area contributed by atoms with Gasteiger partial charge in [-0.25, -0.2) is 0 Å². The van der Waals surface area contributed by atoms with Gasteiger partial charge in [-0.2, -0.15) is 0 Å². The number of carbonyl (C=O) groups is 2.